The first-order chi connectivity index (χ1) is 7.79. The Balaban J connectivity index is 1.78. The van der Waals surface area contributed by atoms with Gasteiger partial charge in [0.05, 0.1) is 6.61 Å². The fraction of sp³-hybridized carbons (Fsp3) is 0.917. The van der Waals surface area contributed by atoms with E-state index in [1.807, 2.05) is 4.90 Å². The van der Waals surface area contributed by atoms with Crippen molar-refractivity contribution in [2.75, 3.05) is 32.8 Å². The van der Waals surface area contributed by atoms with Crippen LogP contribution in [-0.4, -0.2) is 43.8 Å². The molecule has 16 heavy (non-hydrogen) atoms. The van der Waals surface area contributed by atoms with Crippen LogP contribution >= 0.6 is 0 Å². The first-order valence-electron chi connectivity index (χ1n) is 6.42. The highest BCUT2D eigenvalue weighted by Crippen LogP contribution is 2.24. The number of nitrogens with zero attached hydrogens (tertiary/aromatic N) is 1. The predicted molar refractivity (Wildman–Crippen MR) is 62.3 cm³/mol. The van der Waals surface area contributed by atoms with Gasteiger partial charge >= 0.3 is 6.09 Å². The lowest BCUT2D eigenvalue weighted by Gasteiger charge is -2.41. The summed E-state index contributed by atoms with van der Waals surface area (Å²) in [6.45, 7) is 6.51. The fourth-order valence-electron chi connectivity index (χ4n) is 2.65. The van der Waals surface area contributed by atoms with E-state index in [0.29, 0.717) is 18.4 Å². The standard InChI is InChI=1S/C12H22N2O2/c1-2-3-4-16-12(15)14-8-10-5-11(9-14)7-13-6-10/h10-11,13H,2-9H2,1H3. The first-order valence-corrected chi connectivity index (χ1v) is 6.42. The fourth-order valence-corrected chi connectivity index (χ4v) is 2.65. The Bertz CT molecular complexity index is 233. The lowest BCUT2D eigenvalue weighted by molar-refractivity contribution is 0.0585. The number of carbonyl (C=O) groups excluding carboxylic acids is 1. The minimum absolute atomic E-state index is 0.106. The highest BCUT2D eigenvalue weighted by Gasteiger charge is 2.33. The third kappa shape index (κ3) is 2.88. The van der Waals surface area contributed by atoms with E-state index in [9.17, 15) is 4.79 Å². The van der Waals surface area contributed by atoms with Crippen LogP contribution in [0.15, 0.2) is 0 Å². The zero-order chi connectivity index (χ0) is 11.4. The summed E-state index contributed by atoms with van der Waals surface area (Å²) >= 11 is 0. The van der Waals surface area contributed by atoms with Crippen molar-refractivity contribution in [3.63, 3.8) is 0 Å². The number of nitrogens with one attached hydrogen (secondary N) is 1. The van der Waals surface area contributed by atoms with Crippen LogP contribution in [0.4, 0.5) is 4.79 Å². The molecule has 2 saturated heterocycles. The van der Waals surface area contributed by atoms with Crippen LogP contribution in [-0.2, 0) is 4.74 Å². The zero-order valence-electron chi connectivity index (χ0n) is 10.1. The van der Waals surface area contributed by atoms with Gasteiger partial charge in [-0.05, 0) is 37.8 Å². The number of rotatable bonds is 3. The summed E-state index contributed by atoms with van der Waals surface area (Å²) < 4.78 is 5.25. The number of piperidine rings is 2. The molecule has 2 bridgehead atoms. The van der Waals surface area contributed by atoms with E-state index < -0.39 is 0 Å². The molecule has 4 heteroatoms. The second kappa shape index (κ2) is 5.53. The zero-order valence-corrected chi connectivity index (χ0v) is 10.1. The Morgan fingerprint density at radius 3 is 2.69 bits per heavy atom. The number of fused-ring (bicyclic) bond motifs is 2. The Kier molecular flexibility index (Phi) is 4.04. The van der Waals surface area contributed by atoms with Gasteiger partial charge in [0, 0.05) is 13.1 Å². The van der Waals surface area contributed by atoms with Gasteiger partial charge in [-0.3, -0.25) is 0 Å². The van der Waals surface area contributed by atoms with Gasteiger partial charge in [-0.2, -0.15) is 0 Å². The maximum atomic E-state index is 11.8. The quantitative estimate of drug-likeness (QED) is 0.741. The van der Waals surface area contributed by atoms with E-state index in [-0.39, 0.29) is 6.09 Å². The number of hydrogen-bond acceptors (Lipinski definition) is 3. The predicted octanol–water partition coefficient (Wildman–Crippen LogP) is 1.46. The number of likely N-dealkylation sites (tertiary alicyclic amines) is 1. The van der Waals surface area contributed by atoms with Crippen molar-refractivity contribution in [1.82, 2.24) is 10.2 Å². The van der Waals surface area contributed by atoms with Gasteiger partial charge in [0.15, 0.2) is 0 Å². The van der Waals surface area contributed by atoms with Gasteiger partial charge in [-0.1, -0.05) is 13.3 Å². The lowest BCUT2D eigenvalue weighted by Crippen LogP contribution is -2.52. The van der Waals surface area contributed by atoms with E-state index in [1.54, 1.807) is 0 Å². The maximum Gasteiger partial charge on any atom is 0.409 e. The van der Waals surface area contributed by atoms with Crippen LogP contribution in [0.1, 0.15) is 26.2 Å². The minimum Gasteiger partial charge on any atom is -0.449 e. The van der Waals surface area contributed by atoms with Crippen molar-refractivity contribution in [3.05, 3.63) is 0 Å². The number of amides is 1. The molecule has 92 valence electrons. The van der Waals surface area contributed by atoms with Crippen molar-refractivity contribution in [2.24, 2.45) is 11.8 Å². The molecule has 2 unspecified atom stereocenters. The molecular formula is C12H22N2O2. The number of ether oxygens (including phenoxy) is 1. The van der Waals surface area contributed by atoms with E-state index >= 15 is 0 Å². The van der Waals surface area contributed by atoms with Crippen LogP contribution in [0.3, 0.4) is 0 Å². The smallest absolute Gasteiger partial charge is 0.409 e. The number of unbranched alkanes of at least 4 members (excludes halogenated alkanes) is 1. The second-order valence-corrected chi connectivity index (χ2v) is 5.00. The van der Waals surface area contributed by atoms with Gasteiger partial charge in [0.1, 0.15) is 0 Å². The second-order valence-electron chi connectivity index (χ2n) is 5.00. The van der Waals surface area contributed by atoms with E-state index in [2.05, 4.69) is 12.2 Å². The van der Waals surface area contributed by atoms with Crippen molar-refractivity contribution in [2.45, 2.75) is 26.2 Å². The molecule has 2 fully saturated rings. The third-order valence-electron chi connectivity index (χ3n) is 3.47. The maximum absolute atomic E-state index is 11.8. The average Bonchev–Trinajstić information content (AvgIpc) is 2.28. The van der Waals surface area contributed by atoms with E-state index in [1.165, 1.54) is 6.42 Å². The first kappa shape index (κ1) is 11.7. The Labute approximate surface area is 97.3 Å². The van der Waals surface area contributed by atoms with Gasteiger partial charge in [-0.25, -0.2) is 4.79 Å². The van der Waals surface area contributed by atoms with Crippen LogP contribution in [0, 0.1) is 11.8 Å². The number of hydrogen-bond donors (Lipinski definition) is 1. The molecule has 0 aromatic rings. The summed E-state index contributed by atoms with van der Waals surface area (Å²) in [6, 6.07) is 0. The lowest BCUT2D eigenvalue weighted by atomic mass is 9.86. The van der Waals surface area contributed by atoms with E-state index in [0.717, 1.165) is 39.0 Å². The molecule has 0 saturated carbocycles. The summed E-state index contributed by atoms with van der Waals surface area (Å²) in [4.78, 5) is 13.7. The third-order valence-corrected chi connectivity index (χ3v) is 3.47. The summed E-state index contributed by atoms with van der Waals surface area (Å²) in [7, 11) is 0. The Hall–Kier alpha value is -0.770. The Morgan fingerprint density at radius 1 is 1.38 bits per heavy atom. The van der Waals surface area contributed by atoms with Crippen LogP contribution < -0.4 is 5.32 Å². The molecule has 2 atom stereocenters. The molecule has 0 aromatic heterocycles. The van der Waals surface area contributed by atoms with Crippen LogP contribution in [0.25, 0.3) is 0 Å². The molecule has 4 nitrogen and oxygen atoms in total. The molecule has 2 rings (SSSR count). The molecule has 2 heterocycles. The molecule has 2 aliphatic rings. The number of carbonyl (C=O) groups is 1. The van der Waals surface area contributed by atoms with Gasteiger partial charge in [0.25, 0.3) is 0 Å². The van der Waals surface area contributed by atoms with Gasteiger partial charge in [-0.15, -0.1) is 0 Å². The topological polar surface area (TPSA) is 41.6 Å². The average molecular weight is 226 g/mol. The molecule has 2 aliphatic heterocycles. The SMILES string of the molecule is CCCCOC(=O)N1CC2CNCC(C2)C1. The highest BCUT2D eigenvalue weighted by molar-refractivity contribution is 5.67. The van der Waals surface area contributed by atoms with E-state index in [4.69, 9.17) is 4.74 Å². The normalized spacial score (nSPS) is 28.9. The van der Waals surface area contributed by atoms with Gasteiger partial charge in [0.2, 0.25) is 0 Å². The van der Waals surface area contributed by atoms with Crippen molar-refractivity contribution in [1.29, 1.82) is 0 Å². The minimum atomic E-state index is -0.106. The summed E-state index contributed by atoms with van der Waals surface area (Å²) in [5.74, 6) is 1.26. The molecular weight excluding hydrogens is 204 g/mol. The van der Waals surface area contributed by atoms with Gasteiger partial charge < -0.3 is 15.0 Å². The van der Waals surface area contributed by atoms with Crippen LogP contribution in [0.2, 0.25) is 0 Å². The molecule has 1 amide bonds. The highest BCUT2D eigenvalue weighted by atomic mass is 16.6. The molecule has 0 radical (unpaired) electrons. The Morgan fingerprint density at radius 2 is 2.06 bits per heavy atom. The molecule has 0 spiro atoms. The van der Waals surface area contributed by atoms with Crippen molar-refractivity contribution < 1.29 is 9.53 Å². The van der Waals surface area contributed by atoms with Crippen LogP contribution in [0.5, 0.6) is 0 Å². The molecule has 0 aliphatic carbocycles. The molecule has 0 aromatic carbocycles. The summed E-state index contributed by atoms with van der Waals surface area (Å²) in [5.41, 5.74) is 0. The monoisotopic (exact) mass is 226 g/mol. The van der Waals surface area contributed by atoms with Crippen molar-refractivity contribution >= 4 is 6.09 Å². The molecule has 1 N–H and O–H groups in total. The summed E-state index contributed by atoms with van der Waals surface area (Å²) in [6.07, 6.45) is 3.20. The van der Waals surface area contributed by atoms with Crippen molar-refractivity contribution in [3.8, 4) is 0 Å². The summed E-state index contributed by atoms with van der Waals surface area (Å²) in [5, 5.41) is 3.42. The largest absolute Gasteiger partial charge is 0.449 e.